The van der Waals surface area contributed by atoms with E-state index in [9.17, 15) is 0 Å². The maximum absolute atomic E-state index is 6.46. The minimum absolute atomic E-state index is 1.15. The Morgan fingerprint density at radius 2 is 0.720 bits per heavy atom. The van der Waals surface area contributed by atoms with Crippen LogP contribution in [-0.4, -0.2) is 0 Å². The molecule has 1 nitrogen and oxygen atoms in total. The first-order valence-electron chi connectivity index (χ1n) is 11.5. The third-order valence-electron chi connectivity index (χ3n) is 5.76. The van der Waals surface area contributed by atoms with Crippen molar-refractivity contribution in [2.45, 2.75) is 128 Å². The lowest BCUT2D eigenvalue weighted by atomic mass is 10.0. The second-order valence-corrected chi connectivity index (χ2v) is 8.18. The zero-order chi connectivity index (χ0) is 17.4. The maximum atomic E-state index is 6.46. The Balaban J connectivity index is 1.87. The predicted molar refractivity (Wildman–Crippen MR) is 110 cm³/mol. The zero-order valence-electron chi connectivity index (χ0n) is 16.7. The van der Waals surface area contributed by atoms with Crippen LogP contribution in [0.25, 0.3) is 0 Å². The smallest absolute Gasteiger partial charge is 0.0996 e. The normalized spacial score (nSPS) is 23.7. The Bertz CT molecular complexity index is 344. The number of rotatable bonds is 2. The zero-order valence-corrected chi connectivity index (χ0v) is 16.7. The predicted octanol–water partition coefficient (Wildman–Crippen LogP) is 8.60. The second kappa shape index (κ2) is 14.4. The van der Waals surface area contributed by atoms with Crippen LogP contribution in [0.5, 0.6) is 0 Å². The van der Waals surface area contributed by atoms with Crippen LogP contribution in [0.15, 0.2) is 23.7 Å². The largest absolute Gasteiger partial charge is 0.467 e. The van der Waals surface area contributed by atoms with Gasteiger partial charge in [-0.3, -0.25) is 0 Å². The molecule has 2 aliphatic rings. The average molecular weight is 347 g/mol. The molecule has 144 valence electrons. The summed E-state index contributed by atoms with van der Waals surface area (Å²) >= 11 is 0. The summed E-state index contributed by atoms with van der Waals surface area (Å²) in [5.41, 5.74) is 0. The number of hydrogen-bond donors (Lipinski definition) is 0. The molecule has 0 aromatic rings. The molecule has 0 saturated heterocycles. The van der Waals surface area contributed by atoms with Crippen LogP contribution in [0.4, 0.5) is 0 Å². The topological polar surface area (TPSA) is 9.23 Å². The van der Waals surface area contributed by atoms with E-state index in [0.717, 1.165) is 12.8 Å². The molecule has 0 radical (unpaired) electrons. The average Bonchev–Trinajstić information content (AvgIpc) is 2.59. The van der Waals surface area contributed by atoms with Gasteiger partial charge in [-0.1, -0.05) is 77.0 Å². The van der Waals surface area contributed by atoms with E-state index in [1.165, 1.54) is 127 Å². The molecule has 0 heterocycles. The van der Waals surface area contributed by atoms with E-state index in [0.29, 0.717) is 0 Å². The summed E-state index contributed by atoms with van der Waals surface area (Å²) in [7, 11) is 0. The maximum Gasteiger partial charge on any atom is 0.0996 e. The summed E-state index contributed by atoms with van der Waals surface area (Å²) in [4.78, 5) is 0. The molecule has 0 spiro atoms. The van der Waals surface area contributed by atoms with Gasteiger partial charge in [0.2, 0.25) is 0 Å². The van der Waals surface area contributed by atoms with Gasteiger partial charge in [0.1, 0.15) is 0 Å². The first-order chi connectivity index (χ1) is 12.4. The fraction of sp³-hybridized carbons (Fsp3) is 0.833. The molecule has 0 aliphatic heterocycles. The molecule has 0 bridgehead atoms. The Morgan fingerprint density at radius 1 is 0.400 bits per heavy atom. The summed E-state index contributed by atoms with van der Waals surface area (Å²) in [6.45, 7) is 0. The molecule has 0 unspecified atom stereocenters. The van der Waals surface area contributed by atoms with E-state index in [4.69, 9.17) is 4.74 Å². The minimum atomic E-state index is 1.15. The summed E-state index contributed by atoms with van der Waals surface area (Å²) in [6.07, 6.45) is 31.8. The number of hydrogen-bond acceptors (Lipinski definition) is 1. The molecule has 1 heteroatoms. The van der Waals surface area contributed by atoms with Gasteiger partial charge in [-0.25, -0.2) is 0 Å². The van der Waals surface area contributed by atoms with Crippen LogP contribution < -0.4 is 0 Å². The molecule has 0 aromatic heterocycles. The second-order valence-electron chi connectivity index (χ2n) is 8.18. The first-order valence-corrected chi connectivity index (χ1v) is 11.5. The summed E-state index contributed by atoms with van der Waals surface area (Å²) in [5.74, 6) is 2.55. The van der Waals surface area contributed by atoms with Crippen molar-refractivity contribution in [1.29, 1.82) is 0 Å². The lowest BCUT2D eigenvalue weighted by Gasteiger charge is -2.15. The lowest BCUT2D eigenvalue weighted by Crippen LogP contribution is -1.97. The van der Waals surface area contributed by atoms with Gasteiger partial charge < -0.3 is 4.74 Å². The lowest BCUT2D eigenvalue weighted by molar-refractivity contribution is 0.266. The van der Waals surface area contributed by atoms with E-state index in [1.807, 2.05) is 0 Å². The minimum Gasteiger partial charge on any atom is -0.467 e. The van der Waals surface area contributed by atoms with Crippen LogP contribution >= 0.6 is 0 Å². The molecular weight excluding hydrogens is 304 g/mol. The Hall–Kier alpha value is -0.720. The van der Waals surface area contributed by atoms with Gasteiger partial charge in [-0.2, -0.15) is 0 Å². The van der Waals surface area contributed by atoms with Gasteiger partial charge in [0.05, 0.1) is 11.5 Å². The van der Waals surface area contributed by atoms with Crippen molar-refractivity contribution >= 4 is 0 Å². The van der Waals surface area contributed by atoms with E-state index in [-0.39, 0.29) is 0 Å². The van der Waals surface area contributed by atoms with Gasteiger partial charge >= 0.3 is 0 Å². The number of ether oxygens (including phenoxy) is 1. The molecule has 0 atom stereocenters. The molecule has 0 N–H and O–H groups in total. The monoisotopic (exact) mass is 346 g/mol. The first kappa shape index (κ1) is 20.6. The Kier molecular flexibility index (Phi) is 11.9. The quantitative estimate of drug-likeness (QED) is 0.486. The molecule has 2 aliphatic carbocycles. The standard InChI is InChI=1S/C24H42O/c1-3-7-11-15-19-23(20-16-12-8-4-1)25-24-21-17-13-9-5-2-6-10-14-18-22-24/h19,21H,1-18,20,22H2. The Morgan fingerprint density at radius 3 is 1.12 bits per heavy atom. The van der Waals surface area contributed by atoms with Gasteiger partial charge in [0, 0.05) is 12.8 Å². The van der Waals surface area contributed by atoms with Crippen LogP contribution in [0.1, 0.15) is 128 Å². The number of allylic oxidation sites excluding steroid dienone is 4. The molecule has 0 aromatic carbocycles. The van der Waals surface area contributed by atoms with Crippen molar-refractivity contribution in [2.75, 3.05) is 0 Å². The molecular formula is C24H42O. The highest BCUT2D eigenvalue weighted by Gasteiger charge is 2.07. The van der Waals surface area contributed by atoms with Crippen molar-refractivity contribution < 1.29 is 4.74 Å². The Labute approximate surface area is 157 Å². The highest BCUT2D eigenvalue weighted by atomic mass is 16.5. The fourth-order valence-electron chi connectivity index (χ4n) is 4.09. The van der Waals surface area contributed by atoms with Crippen LogP contribution in [0.3, 0.4) is 0 Å². The van der Waals surface area contributed by atoms with E-state index in [2.05, 4.69) is 12.2 Å². The van der Waals surface area contributed by atoms with Crippen molar-refractivity contribution in [2.24, 2.45) is 0 Å². The van der Waals surface area contributed by atoms with E-state index < -0.39 is 0 Å². The molecule has 0 fully saturated rings. The van der Waals surface area contributed by atoms with Crippen LogP contribution in [0.2, 0.25) is 0 Å². The SMILES string of the molecule is C1=C(OC2=CCCCCCCCCCC2)CCCCCCCCCC1. The van der Waals surface area contributed by atoms with Crippen molar-refractivity contribution in [3.8, 4) is 0 Å². The summed E-state index contributed by atoms with van der Waals surface area (Å²) in [5, 5.41) is 0. The van der Waals surface area contributed by atoms with Gasteiger partial charge in [-0.15, -0.1) is 0 Å². The molecule has 2 rings (SSSR count). The van der Waals surface area contributed by atoms with Gasteiger partial charge in [-0.05, 0) is 50.7 Å². The van der Waals surface area contributed by atoms with Gasteiger partial charge in [0.15, 0.2) is 0 Å². The summed E-state index contributed by atoms with van der Waals surface area (Å²) < 4.78 is 6.46. The highest BCUT2D eigenvalue weighted by molar-refractivity contribution is 5.03. The molecule has 0 amide bonds. The highest BCUT2D eigenvalue weighted by Crippen LogP contribution is 2.23. The fourth-order valence-corrected chi connectivity index (χ4v) is 4.09. The third kappa shape index (κ3) is 10.8. The van der Waals surface area contributed by atoms with E-state index >= 15 is 0 Å². The van der Waals surface area contributed by atoms with Crippen molar-refractivity contribution in [3.63, 3.8) is 0 Å². The molecule has 0 saturated carbocycles. The summed E-state index contributed by atoms with van der Waals surface area (Å²) in [6, 6.07) is 0. The van der Waals surface area contributed by atoms with Crippen molar-refractivity contribution in [1.82, 2.24) is 0 Å². The third-order valence-corrected chi connectivity index (χ3v) is 5.76. The van der Waals surface area contributed by atoms with Crippen molar-refractivity contribution in [3.05, 3.63) is 23.7 Å². The van der Waals surface area contributed by atoms with E-state index in [1.54, 1.807) is 0 Å². The van der Waals surface area contributed by atoms with Gasteiger partial charge in [0.25, 0.3) is 0 Å². The molecule has 25 heavy (non-hydrogen) atoms. The van der Waals surface area contributed by atoms with Crippen LogP contribution in [0, 0.1) is 0 Å². The van der Waals surface area contributed by atoms with Crippen LogP contribution in [-0.2, 0) is 4.74 Å².